The predicted octanol–water partition coefficient (Wildman–Crippen LogP) is 18.6. The number of phosphoric ester groups is 1. The van der Waals surface area contributed by atoms with Gasteiger partial charge in [0, 0.05) is 19.3 Å². The van der Waals surface area contributed by atoms with E-state index in [1.54, 1.807) is 0 Å². The van der Waals surface area contributed by atoms with Crippen LogP contribution in [0.5, 0.6) is 0 Å². The van der Waals surface area contributed by atoms with E-state index in [4.69, 9.17) is 23.3 Å². The number of phosphoric acid groups is 1. The third kappa shape index (κ3) is 54.7. The van der Waals surface area contributed by atoms with Gasteiger partial charge in [-0.2, -0.15) is 0 Å². The summed E-state index contributed by atoms with van der Waals surface area (Å²) in [5.74, 6) is -1.44. The molecule has 2 N–H and O–H groups in total. The number of carbonyl (C=O) groups is 3. The van der Waals surface area contributed by atoms with Crippen LogP contribution >= 0.6 is 7.82 Å². The fraction of sp³-hybridized carbons (Fsp3) is 0.887. The Morgan fingerprint density at radius 1 is 0.378 bits per heavy atom. The van der Waals surface area contributed by atoms with Gasteiger partial charge in [-0.05, 0) is 51.4 Å². The fourth-order valence-electron chi connectivity index (χ4n) is 9.10. The quantitative estimate of drug-likeness (QED) is 0.0197. The van der Waals surface area contributed by atoms with Gasteiger partial charge >= 0.3 is 25.7 Å². The van der Waals surface area contributed by atoms with Crippen molar-refractivity contribution < 1.29 is 52.2 Å². The summed E-state index contributed by atoms with van der Waals surface area (Å²) in [5.41, 5.74) is 0. The minimum Gasteiger partial charge on any atom is -0.462 e. The number of hydrogen-bond donors (Lipinski definition) is 2. The second kappa shape index (κ2) is 57.1. The number of carbonyl (C=O) groups excluding carboxylic acids is 3. The number of aliphatic hydroxyl groups excluding tert-OH is 1. The molecule has 11 nitrogen and oxygen atoms in total. The standard InChI is InChI=1S/C62H117O11P/c1-4-7-10-13-16-19-22-24-26-28-29-31-32-34-37-39-42-45-48-51-60(64)69-55-59(73-62(66)53-50-47-44-41-38-35-33-30-27-25-23-20-17-14-11-8-5-2)57-71-74(67,68)70-56-58(54-63)72-61(65)52-49-46-43-40-36-21-18-15-12-9-6-3/h16,19,24,26,58-59,63H,4-15,17-18,20-23,25,27-57H2,1-3H3,(H,67,68)/b19-16-,26-24-. The number of esters is 3. The number of unbranched alkanes of at least 4 members (excludes halogenated alkanes) is 38. The molecule has 0 saturated heterocycles. The van der Waals surface area contributed by atoms with Gasteiger partial charge in [-0.3, -0.25) is 23.4 Å². The molecule has 0 aromatic carbocycles. The Morgan fingerprint density at radius 3 is 1.03 bits per heavy atom. The van der Waals surface area contributed by atoms with Crippen LogP contribution in [0.3, 0.4) is 0 Å². The van der Waals surface area contributed by atoms with Crippen molar-refractivity contribution in [1.29, 1.82) is 0 Å². The summed E-state index contributed by atoms with van der Waals surface area (Å²) in [5, 5.41) is 9.81. The molecule has 0 saturated carbocycles. The maximum Gasteiger partial charge on any atom is 0.472 e. The summed E-state index contributed by atoms with van der Waals surface area (Å²) in [6, 6.07) is 0. The maximum atomic E-state index is 12.9. The van der Waals surface area contributed by atoms with Gasteiger partial charge in [0.05, 0.1) is 19.8 Å². The van der Waals surface area contributed by atoms with Crippen molar-refractivity contribution in [1.82, 2.24) is 0 Å². The van der Waals surface area contributed by atoms with E-state index < -0.39 is 57.8 Å². The third-order valence-electron chi connectivity index (χ3n) is 13.9. The Balaban J connectivity index is 4.66. The van der Waals surface area contributed by atoms with Crippen LogP contribution in [0, 0.1) is 0 Å². The Bertz CT molecular complexity index is 1340. The van der Waals surface area contributed by atoms with Crippen molar-refractivity contribution in [3.05, 3.63) is 24.3 Å². The van der Waals surface area contributed by atoms with Crippen LogP contribution in [0.2, 0.25) is 0 Å². The lowest BCUT2D eigenvalue weighted by Crippen LogP contribution is -2.30. The van der Waals surface area contributed by atoms with E-state index >= 15 is 0 Å². The number of aliphatic hydroxyl groups is 1. The first-order chi connectivity index (χ1) is 36.2. The normalized spacial score (nSPS) is 13.4. The van der Waals surface area contributed by atoms with E-state index in [0.29, 0.717) is 19.3 Å². The molecule has 0 fully saturated rings. The molecular weight excluding hydrogens is 952 g/mol. The van der Waals surface area contributed by atoms with Gasteiger partial charge in [0.1, 0.15) is 12.7 Å². The Hall–Kier alpha value is -2.04. The molecule has 12 heteroatoms. The summed E-state index contributed by atoms with van der Waals surface area (Å²) in [4.78, 5) is 48.6. The molecule has 74 heavy (non-hydrogen) atoms. The van der Waals surface area contributed by atoms with Crippen LogP contribution in [-0.4, -0.2) is 66.5 Å². The summed E-state index contributed by atoms with van der Waals surface area (Å²) < 4.78 is 39.6. The van der Waals surface area contributed by atoms with E-state index in [2.05, 4.69) is 45.1 Å². The fourth-order valence-corrected chi connectivity index (χ4v) is 9.88. The van der Waals surface area contributed by atoms with Crippen molar-refractivity contribution >= 4 is 25.7 Å². The average molecular weight is 1070 g/mol. The van der Waals surface area contributed by atoms with Crippen LogP contribution < -0.4 is 0 Å². The second-order valence-electron chi connectivity index (χ2n) is 21.2. The lowest BCUT2D eigenvalue weighted by atomic mass is 10.0. The summed E-state index contributed by atoms with van der Waals surface area (Å²) >= 11 is 0. The van der Waals surface area contributed by atoms with Gasteiger partial charge in [0.15, 0.2) is 6.10 Å². The molecule has 0 rings (SSSR count). The van der Waals surface area contributed by atoms with E-state index in [9.17, 15) is 28.9 Å². The molecule has 0 radical (unpaired) electrons. The molecule has 0 aliphatic rings. The molecule has 0 spiro atoms. The number of hydrogen-bond acceptors (Lipinski definition) is 10. The molecule has 0 amide bonds. The molecule has 0 aliphatic carbocycles. The topological polar surface area (TPSA) is 155 Å². The Kier molecular flexibility index (Phi) is 55.6. The Morgan fingerprint density at radius 2 is 0.662 bits per heavy atom. The van der Waals surface area contributed by atoms with Crippen molar-refractivity contribution in [2.75, 3.05) is 26.4 Å². The molecule has 436 valence electrons. The van der Waals surface area contributed by atoms with Crippen LogP contribution in [-0.2, 0) is 42.2 Å². The summed E-state index contributed by atoms with van der Waals surface area (Å²) in [7, 11) is -4.74. The molecule has 3 atom stereocenters. The van der Waals surface area contributed by atoms with E-state index in [-0.39, 0.29) is 25.9 Å². The molecular formula is C62H117O11P. The lowest BCUT2D eigenvalue weighted by molar-refractivity contribution is -0.161. The minimum absolute atomic E-state index is 0.174. The van der Waals surface area contributed by atoms with Crippen molar-refractivity contribution in [3.8, 4) is 0 Å². The molecule has 0 aromatic rings. The zero-order valence-corrected chi connectivity index (χ0v) is 49.2. The van der Waals surface area contributed by atoms with E-state index in [1.165, 1.54) is 186 Å². The number of ether oxygens (including phenoxy) is 3. The highest BCUT2D eigenvalue weighted by molar-refractivity contribution is 7.47. The van der Waals surface area contributed by atoms with Crippen LogP contribution in [0.15, 0.2) is 24.3 Å². The van der Waals surface area contributed by atoms with E-state index in [0.717, 1.165) is 70.6 Å². The van der Waals surface area contributed by atoms with Gasteiger partial charge in [0.2, 0.25) is 0 Å². The average Bonchev–Trinajstić information content (AvgIpc) is 3.39. The highest BCUT2D eigenvalue weighted by Crippen LogP contribution is 2.43. The van der Waals surface area contributed by atoms with Crippen molar-refractivity contribution in [2.24, 2.45) is 0 Å². The van der Waals surface area contributed by atoms with Gasteiger partial charge in [0.25, 0.3) is 0 Å². The van der Waals surface area contributed by atoms with Crippen LogP contribution in [0.1, 0.15) is 316 Å². The van der Waals surface area contributed by atoms with E-state index in [1.807, 2.05) is 0 Å². The highest BCUT2D eigenvalue weighted by atomic mass is 31.2. The largest absolute Gasteiger partial charge is 0.472 e. The van der Waals surface area contributed by atoms with Gasteiger partial charge in [-0.1, -0.05) is 270 Å². The summed E-state index contributed by atoms with van der Waals surface area (Å²) in [6.07, 6.45) is 58.4. The first-order valence-electron chi connectivity index (χ1n) is 31.2. The SMILES string of the molecule is CCCCC/C=C\C/C=C\CCCCCCCCCCCC(=O)OCC(COP(=O)(O)OCC(CO)OC(=O)CCCCCCCCCCCCC)OC(=O)CCCCCCCCCCCCCCCCCCC. The van der Waals surface area contributed by atoms with Gasteiger partial charge in [-0.15, -0.1) is 0 Å². The van der Waals surface area contributed by atoms with Crippen LogP contribution in [0.4, 0.5) is 0 Å². The third-order valence-corrected chi connectivity index (χ3v) is 14.8. The molecule has 3 unspecified atom stereocenters. The van der Waals surface area contributed by atoms with Gasteiger partial charge < -0.3 is 24.2 Å². The van der Waals surface area contributed by atoms with Crippen molar-refractivity contribution in [3.63, 3.8) is 0 Å². The zero-order valence-electron chi connectivity index (χ0n) is 48.3. The molecule has 0 aliphatic heterocycles. The first kappa shape index (κ1) is 72.0. The second-order valence-corrected chi connectivity index (χ2v) is 22.7. The Labute approximate surface area is 455 Å². The van der Waals surface area contributed by atoms with Crippen molar-refractivity contribution in [2.45, 2.75) is 328 Å². The smallest absolute Gasteiger partial charge is 0.462 e. The minimum atomic E-state index is -4.74. The molecule has 0 heterocycles. The predicted molar refractivity (Wildman–Crippen MR) is 307 cm³/mol. The monoisotopic (exact) mass is 1070 g/mol. The highest BCUT2D eigenvalue weighted by Gasteiger charge is 2.28. The zero-order chi connectivity index (χ0) is 54.1. The van der Waals surface area contributed by atoms with Gasteiger partial charge in [-0.25, -0.2) is 4.57 Å². The molecule has 0 aromatic heterocycles. The number of allylic oxidation sites excluding steroid dienone is 4. The molecule has 0 bridgehead atoms. The maximum absolute atomic E-state index is 12.9. The summed E-state index contributed by atoms with van der Waals surface area (Å²) in [6.45, 7) is 4.68. The first-order valence-corrected chi connectivity index (χ1v) is 32.7. The lowest BCUT2D eigenvalue weighted by Gasteiger charge is -2.21. The van der Waals surface area contributed by atoms with Crippen LogP contribution in [0.25, 0.3) is 0 Å². The number of rotatable bonds is 59.